The predicted molar refractivity (Wildman–Crippen MR) is 57.6 cm³/mol. The molecule has 14 heavy (non-hydrogen) atoms. The molecule has 0 radical (unpaired) electrons. The Morgan fingerprint density at radius 1 is 1.64 bits per heavy atom. The third-order valence-corrected chi connectivity index (χ3v) is 2.91. The van der Waals surface area contributed by atoms with E-state index in [2.05, 4.69) is 10.3 Å². The van der Waals surface area contributed by atoms with Crippen molar-refractivity contribution in [2.24, 2.45) is 5.73 Å². The predicted octanol–water partition coefficient (Wildman–Crippen LogP) is 0.837. The minimum absolute atomic E-state index is 0.00399. The molecular weight excluding hydrogens is 198 g/mol. The summed E-state index contributed by atoms with van der Waals surface area (Å²) in [6.07, 6.45) is 0. The van der Waals surface area contributed by atoms with E-state index in [-0.39, 0.29) is 11.9 Å². The van der Waals surface area contributed by atoms with Gasteiger partial charge in [0, 0.05) is 12.6 Å². The fourth-order valence-corrected chi connectivity index (χ4v) is 1.91. The third kappa shape index (κ3) is 2.52. The van der Waals surface area contributed by atoms with E-state index in [4.69, 9.17) is 5.73 Å². The molecule has 1 aromatic heterocycles. The molecule has 1 aromatic rings. The fraction of sp³-hybridized carbons (Fsp3) is 0.556. The highest BCUT2D eigenvalue weighted by molar-refractivity contribution is 7.13. The lowest BCUT2D eigenvalue weighted by Gasteiger charge is -2.09. The Balaban J connectivity index is 2.74. The van der Waals surface area contributed by atoms with Gasteiger partial charge >= 0.3 is 0 Å². The van der Waals surface area contributed by atoms with Crippen LogP contribution in [-0.2, 0) is 0 Å². The van der Waals surface area contributed by atoms with E-state index < -0.39 is 0 Å². The first-order valence-corrected chi connectivity index (χ1v) is 5.31. The molecule has 1 amide bonds. The first-order chi connectivity index (χ1) is 6.54. The van der Waals surface area contributed by atoms with Crippen LogP contribution in [0.15, 0.2) is 0 Å². The van der Waals surface area contributed by atoms with Gasteiger partial charge in [0.25, 0.3) is 5.91 Å². The lowest BCUT2D eigenvalue weighted by molar-refractivity contribution is 0.0944. The maximum Gasteiger partial charge on any atom is 0.263 e. The van der Waals surface area contributed by atoms with E-state index in [1.165, 1.54) is 11.3 Å². The summed E-state index contributed by atoms with van der Waals surface area (Å²) in [5.41, 5.74) is 6.20. The van der Waals surface area contributed by atoms with Gasteiger partial charge in [0.1, 0.15) is 4.88 Å². The number of hydrogen-bond donors (Lipinski definition) is 2. The number of nitrogens with zero attached hydrogens (tertiary/aromatic N) is 1. The van der Waals surface area contributed by atoms with Crippen LogP contribution in [0.1, 0.15) is 27.3 Å². The Labute approximate surface area is 87.5 Å². The van der Waals surface area contributed by atoms with Gasteiger partial charge in [-0.25, -0.2) is 4.98 Å². The molecule has 0 spiro atoms. The Morgan fingerprint density at radius 3 is 2.71 bits per heavy atom. The molecule has 1 heterocycles. The van der Waals surface area contributed by atoms with Gasteiger partial charge in [-0.05, 0) is 20.8 Å². The van der Waals surface area contributed by atoms with Crippen molar-refractivity contribution in [3.63, 3.8) is 0 Å². The number of aromatic nitrogens is 1. The highest BCUT2D eigenvalue weighted by atomic mass is 32.1. The van der Waals surface area contributed by atoms with Crippen molar-refractivity contribution in [2.45, 2.75) is 26.8 Å². The van der Waals surface area contributed by atoms with E-state index in [1.807, 2.05) is 20.8 Å². The summed E-state index contributed by atoms with van der Waals surface area (Å²) in [5.74, 6) is -0.0777. The smallest absolute Gasteiger partial charge is 0.263 e. The first-order valence-electron chi connectivity index (χ1n) is 4.49. The normalized spacial score (nSPS) is 12.6. The van der Waals surface area contributed by atoms with Gasteiger partial charge in [0.05, 0.1) is 10.7 Å². The van der Waals surface area contributed by atoms with Crippen LogP contribution in [0.25, 0.3) is 0 Å². The number of rotatable bonds is 3. The standard InChI is InChI=1S/C9H15N3OS/c1-5(4-10)11-9(13)8-6(2)12-7(3)14-8/h5H,4,10H2,1-3H3,(H,11,13)/t5-/m1/s1. The number of thiazole rings is 1. The van der Waals surface area contributed by atoms with Crippen molar-refractivity contribution in [3.05, 3.63) is 15.6 Å². The quantitative estimate of drug-likeness (QED) is 0.781. The second-order valence-corrected chi connectivity index (χ2v) is 4.46. The Hall–Kier alpha value is -0.940. The zero-order valence-electron chi connectivity index (χ0n) is 8.63. The summed E-state index contributed by atoms with van der Waals surface area (Å²) < 4.78 is 0. The minimum atomic E-state index is -0.0777. The zero-order valence-corrected chi connectivity index (χ0v) is 9.44. The van der Waals surface area contributed by atoms with Crippen LogP contribution < -0.4 is 11.1 Å². The third-order valence-electron chi connectivity index (χ3n) is 1.84. The van der Waals surface area contributed by atoms with Gasteiger partial charge in [-0.1, -0.05) is 0 Å². The summed E-state index contributed by atoms with van der Waals surface area (Å²) >= 11 is 1.41. The summed E-state index contributed by atoms with van der Waals surface area (Å²) in [6.45, 7) is 6.05. The fourth-order valence-electron chi connectivity index (χ4n) is 1.09. The van der Waals surface area contributed by atoms with Gasteiger partial charge in [-0.15, -0.1) is 11.3 Å². The molecule has 0 aromatic carbocycles. The number of carbonyl (C=O) groups excluding carboxylic acids is 1. The van der Waals surface area contributed by atoms with E-state index in [0.29, 0.717) is 11.4 Å². The lowest BCUT2D eigenvalue weighted by Crippen LogP contribution is -2.37. The van der Waals surface area contributed by atoms with E-state index in [9.17, 15) is 4.79 Å². The van der Waals surface area contributed by atoms with Crippen LogP contribution in [-0.4, -0.2) is 23.5 Å². The summed E-state index contributed by atoms with van der Waals surface area (Å²) in [6, 6.07) is 0.00399. The average molecular weight is 213 g/mol. The number of aryl methyl sites for hydroxylation is 2. The Kier molecular flexibility index (Phi) is 3.60. The van der Waals surface area contributed by atoms with Gasteiger partial charge in [0.2, 0.25) is 0 Å². The second-order valence-electron chi connectivity index (χ2n) is 3.26. The molecule has 0 fully saturated rings. The second kappa shape index (κ2) is 4.52. The molecule has 0 bridgehead atoms. The van der Waals surface area contributed by atoms with Crippen molar-refractivity contribution in [2.75, 3.05) is 6.54 Å². The molecular formula is C9H15N3OS. The molecule has 5 heteroatoms. The Morgan fingerprint density at radius 2 is 2.29 bits per heavy atom. The lowest BCUT2D eigenvalue weighted by atomic mass is 10.3. The molecule has 78 valence electrons. The monoisotopic (exact) mass is 213 g/mol. The molecule has 0 saturated heterocycles. The maximum atomic E-state index is 11.7. The highest BCUT2D eigenvalue weighted by Crippen LogP contribution is 2.16. The number of hydrogen-bond acceptors (Lipinski definition) is 4. The van der Waals surface area contributed by atoms with E-state index in [1.54, 1.807) is 0 Å². The largest absolute Gasteiger partial charge is 0.348 e. The van der Waals surface area contributed by atoms with Gasteiger partial charge in [0.15, 0.2) is 0 Å². The summed E-state index contributed by atoms with van der Waals surface area (Å²) in [4.78, 5) is 16.5. The van der Waals surface area contributed by atoms with Crippen molar-refractivity contribution < 1.29 is 4.79 Å². The van der Waals surface area contributed by atoms with Crippen LogP contribution in [0.2, 0.25) is 0 Å². The molecule has 1 rings (SSSR count). The number of nitrogens with two attached hydrogens (primary N) is 1. The minimum Gasteiger partial charge on any atom is -0.348 e. The number of nitrogens with one attached hydrogen (secondary N) is 1. The van der Waals surface area contributed by atoms with E-state index in [0.717, 1.165) is 10.7 Å². The molecule has 3 N–H and O–H groups in total. The highest BCUT2D eigenvalue weighted by Gasteiger charge is 2.14. The van der Waals surface area contributed by atoms with Crippen molar-refractivity contribution in [1.82, 2.24) is 10.3 Å². The van der Waals surface area contributed by atoms with Crippen LogP contribution >= 0.6 is 11.3 Å². The zero-order chi connectivity index (χ0) is 10.7. The van der Waals surface area contributed by atoms with Crippen LogP contribution in [0.5, 0.6) is 0 Å². The SMILES string of the molecule is Cc1nc(C)c(C(=O)N[C@H](C)CN)s1. The molecule has 0 saturated carbocycles. The van der Waals surface area contributed by atoms with Gasteiger partial charge in [-0.2, -0.15) is 0 Å². The summed E-state index contributed by atoms with van der Waals surface area (Å²) in [7, 11) is 0. The summed E-state index contributed by atoms with van der Waals surface area (Å²) in [5, 5.41) is 3.72. The topological polar surface area (TPSA) is 68.0 Å². The van der Waals surface area contributed by atoms with Crippen molar-refractivity contribution in [3.8, 4) is 0 Å². The van der Waals surface area contributed by atoms with Crippen LogP contribution in [0, 0.1) is 13.8 Å². The number of carbonyl (C=O) groups is 1. The van der Waals surface area contributed by atoms with E-state index >= 15 is 0 Å². The van der Waals surface area contributed by atoms with Crippen LogP contribution in [0.3, 0.4) is 0 Å². The molecule has 0 unspecified atom stereocenters. The average Bonchev–Trinajstić information content (AvgIpc) is 2.45. The van der Waals surface area contributed by atoms with Crippen molar-refractivity contribution >= 4 is 17.2 Å². The van der Waals surface area contributed by atoms with Crippen molar-refractivity contribution in [1.29, 1.82) is 0 Å². The molecule has 0 aliphatic heterocycles. The van der Waals surface area contributed by atoms with Gasteiger partial charge in [-0.3, -0.25) is 4.79 Å². The Bertz CT molecular complexity index is 335. The molecule has 4 nitrogen and oxygen atoms in total. The number of amides is 1. The maximum absolute atomic E-state index is 11.7. The van der Waals surface area contributed by atoms with Crippen LogP contribution in [0.4, 0.5) is 0 Å². The molecule has 1 atom stereocenters. The van der Waals surface area contributed by atoms with Gasteiger partial charge < -0.3 is 11.1 Å². The molecule has 0 aliphatic rings. The first kappa shape index (κ1) is 11.1. The molecule has 0 aliphatic carbocycles.